The van der Waals surface area contributed by atoms with Crippen LogP contribution in [0, 0.1) is 5.82 Å². The van der Waals surface area contributed by atoms with Gasteiger partial charge in [-0.05, 0) is 26.1 Å². The Hall–Kier alpha value is -1.58. The van der Waals surface area contributed by atoms with Gasteiger partial charge in [-0.15, -0.1) is 0 Å². The molecule has 2 nitrogen and oxygen atoms in total. The Morgan fingerprint density at radius 1 is 1.20 bits per heavy atom. The summed E-state index contributed by atoms with van der Waals surface area (Å²) in [6.45, 7) is 2.20. The van der Waals surface area contributed by atoms with Crippen molar-refractivity contribution in [3.05, 3.63) is 64.4 Å². The van der Waals surface area contributed by atoms with Gasteiger partial charge in [0.1, 0.15) is 18.2 Å². The lowest BCUT2D eigenvalue weighted by Crippen LogP contribution is -2.13. The molecule has 1 unspecified atom stereocenters. The zero-order valence-electron chi connectivity index (χ0n) is 11.5. The zero-order chi connectivity index (χ0) is 14.5. The summed E-state index contributed by atoms with van der Waals surface area (Å²) in [7, 11) is 1.89. The first-order chi connectivity index (χ1) is 9.63. The van der Waals surface area contributed by atoms with Crippen molar-refractivity contribution < 1.29 is 9.13 Å². The van der Waals surface area contributed by atoms with Gasteiger partial charge in [0.05, 0.1) is 5.02 Å². The minimum absolute atomic E-state index is 0.114. The monoisotopic (exact) mass is 293 g/mol. The van der Waals surface area contributed by atoms with Gasteiger partial charge >= 0.3 is 0 Å². The van der Waals surface area contributed by atoms with Crippen LogP contribution < -0.4 is 10.1 Å². The smallest absolute Gasteiger partial charge is 0.148 e. The predicted molar refractivity (Wildman–Crippen MR) is 79.7 cm³/mol. The maximum atomic E-state index is 13.8. The van der Waals surface area contributed by atoms with Crippen molar-refractivity contribution in [3.63, 3.8) is 0 Å². The molecule has 106 valence electrons. The number of hydrogen-bond acceptors (Lipinski definition) is 2. The molecule has 20 heavy (non-hydrogen) atoms. The Balaban J connectivity index is 2.17. The number of ether oxygens (including phenoxy) is 1. The molecule has 0 aliphatic heterocycles. The highest BCUT2D eigenvalue weighted by Gasteiger charge is 2.11. The summed E-state index contributed by atoms with van der Waals surface area (Å²) < 4.78 is 19.5. The average Bonchev–Trinajstić information content (AvgIpc) is 2.48. The SMILES string of the molecule is CNC(C)c1ccccc1OCc1cccc(Cl)c1F. The molecule has 2 aromatic rings. The van der Waals surface area contributed by atoms with Crippen LogP contribution in [0.4, 0.5) is 4.39 Å². The summed E-state index contributed by atoms with van der Waals surface area (Å²) >= 11 is 5.76. The zero-order valence-corrected chi connectivity index (χ0v) is 12.2. The van der Waals surface area contributed by atoms with Gasteiger partial charge in [-0.1, -0.05) is 41.9 Å². The van der Waals surface area contributed by atoms with Gasteiger partial charge in [-0.25, -0.2) is 4.39 Å². The van der Waals surface area contributed by atoms with Crippen molar-refractivity contribution >= 4 is 11.6 Å². The van der Waals surface area contributed by atoms with Gasteiger partial charge in [-0.2, -0.15) is 0 Å². The third-order valence-electron chi connectivity index (χ3n) is 3.23. The fourth-order valence-corrected chi connectivity index (χ4v) is 2.13. The third kappa shape index (κ3) is 3.30. The van der Waals surface area contributed by atoms with Crippen LogP contribution in [0.25, 0.3) is 0 Å². The van der Waals surface area contributed by atoms with Gasteiger partial charge in [0.25, 0.3) is 0 Å². The first-order valence-corrected chi connectivity index (χ1v) is 6.83. The molecule has 0 aliphatic rings. The highest BCUT2D eigenvalue weighted by atomic mass is 35.5. The summed E-state index contributed by atoms with van der Waals surface area (Å²) in [6.07, 6.45) is 0. The van der Waals surface area contributed by atoms with Crippen LogP contribution in [0.15, 0.2) is 42.5 Å². The molecule has 0 radical (unpaired) electrons. The molecular weight excluding hydrogens is 277 g/mol. The van der Waals surface area contributed by atoms with Crippen molar-refractivity contribution in [2.75, 3.05) is 7.05 Å². The molecule has 2 rings (SSSR count). The molecule has 0 heterocycles. The Labute approximate surface area is 123 Å². The number of hydrogen-bond donors (Lipinski definition) is 1. The lowest BCUT2D eigenvalue weighted by Gasteiger charge is -2.16. The molecule has 0 spiro atoms. The molecule has 0 aliphatic carbocycles. The average molecular weight is 294 g/mol. The topological polar surface area (TPSA) is 21.3 Å². The summed E-state index contributed by atoms with van der Waals surface area (Å²) in [5.74, 6) is 0.321. The maximum absolute atomic E-state index is 13.8. The van der Waals surface area contributed by atoms with Crippen LogP contribution in [0.2, 0.25) is 5.02 Å². The van der Waals surface area contributed by atoms with E-state index in [9.17, 15) is 4.39 Å². The van der Waals surface area contributed by atoms with Gasteiger partial charge in [-0.3, -0.25) is 0 Å². The predicted octanol–water partition coefficient (Wildman–Crippen LogP) is 4.34. The van der Waals surface area contributed by atoms with Gasteiger partial charge in [0.15, 0.2) is 0 Å². The standard InChI is InChI=1S/C16H17ClFNO/c1-11(19-2)13-7-3-4-9-15(13)20-10-12-6-5-8-14(17)16(12)18/h3-9,11,19H,10H2,1-2H3. The van der Waals surface area contributed by atoms with E-state index in [0.717, 1.165) is 11.3 Å². The molecule has 0 bridgehead atoms. The molecule has 1 atom stereocenters. The van der Waals surface area contributed by atoms with E-state index in [4.69, 9.17) is 16.3 Å². The molecular formula is C16H17ClFNO. The Morgan fingerprint density at radius 3 is 2.70 bits per heavy atom. The molecule has 2 aromatic carbocycles. The van der Waals surface area contributed by atoms with E-state index in [1.165, 1.54) is 6.07 Å². The Bertz CT molecular complexity index is 588. The maximum Gasteiger partial charge on any atom is 0.148 e. The van der Waals surface area contributed by atoms with E-state index in [-0.39, 0.29) is 17.7 Å². The summed E-state index contributed by atoms with van der Waals surface area (Å²) in [5, 5.41) is 3.28. The molecule has 1 N–H and O–H groups in total. The minimum atomic E-state index is -0.423. The van der Waals surface area contributed by atoms with Gasteiger partial charge in [0.2, 0.25) is 0 Å². The lowest BCUT2D eigenvalue weighted by atomic mass is 10.1. The van der Waals surface area contributed by atoms with Crippen molar-refractivity contribution in [1.29, 1.82) is 0 Å². The molecule has 4 heteroatoms. The van der Waals surface area contributed by atoms with E-state index in [2.05, 4.69) is 5.32 Å². The number of halogens is 2. The van der Waals surface area contributed by atoms with Crippen LogP contribution in [-0.4, -0.2) is 7.05 Å². The molecule has 0 saturated heterocycles. The highest BCUT2D eigenvalue weighted by molar-refractivity contribution is 6.30. The second kappa shape index (κ2) is 6.73. The largest absolute Gasteiger partial charge is 0.488 e. The van der Waals surface area contributed by atoms with E-state index in [0.29, 0.717) is 5.56 Å². The molecule has 0 amide bonds. The first-order valence-electron chi connectivity index (χ1n) is 6.45. The number of nitrogens with one attached hydrogen (secondary N) is 1. The van der Waals surface area contributed by atoms with Crippen LogP contribution in [0.5, 0.6) is 5.75 Å². The Kier molecular flexibility index (Phi) is 4.99. The van der Waals surface area contributed by atoms with E-state index < -0.39 is 5.82 Å². The van der Waals surface area contributed by atoms with Gasteiger partial charge in [0, 0.05) is 17.2 Å². The van der Waals surface area contributed by atoms with E-state index >= 15 is 0 Å². The van der Waals surface area contributed by atoms with Crippen molar-refractivity contribution in [3.8, 4) is 5.75 Å². The summed E-state index contributed by atoms with van der Waals surface area (Å²) in [4.78, 5) is 0. The molecule has 0 aromatic heterocycles. The van der Waals surface area contributed by atoms with Crippen molar-refractivity contribution in [1.82, 2.24) is 5.32 Å². The van der Waals surface area contributed by atoms with Crippen LogP contribution in [-0.2, 0) is 6.61 Å². The highest BCUT2D eigenvalue weighted by Crippen LogP contribution is 2.26. The second-order valence-corrected chi connectivity index (χ2v) is 4.96. The van der Waals surface area contributed by atoms with Crippen LogP contribution >= 0.6 is 11.6 Å². The quantitative estimate of drug-likeness (QED) is 0.885. The van der Waals surface area contributed by atoms with E-state index in [1.807, 2.05) is 38.2 Å². The molecule has 0 saturated carbocycles. The Morgan fingerprint density at radius 2 is 1.95 bits per heavy atom. The fraction of sp³-hybridized carbons (Fsp3) is 0.250. The lowest BCUT2D eigenvalue weighted by molar-refractivity contribution is 0.294. The molecule has 0 fully saturated rings. The summed E-state index contributed by atoms with van der Waals surface area (Å²) in [6, 6.07) is 12.8. The van der Waals surface area contributed by atoms with Crippen LogP contribution in [0.3, 0.4) is 0 Å². The number of benzene rings is 2. The summed E-state index contributed by atoms with van der Waals surface area (Å²) in [5.41, 5.74) is 1.49. The normalized spacial score (nSPS) is 12.2. The van der Waals surface area contributed by atoms with Crippen molar-refractivity contribution in [2.45, 2.75) is 19.6 Å². The van der Waals surface area contributed by atoms with Crippen molar-refractivity contribution in [2.24, 2.45) is 0 Å². The van der Waals surface area contributed by atoms with Crippen LogP contribution in [0.1, 0.15) is 24.1 Å². The first kappa shape index (κ1) is 14.8. The van der Waals surface area contributed by atoms with Gasteiger partial charge < -0.3 is 10.1 Å². The number of para-hydroxylation sites is 1. The number of rotatable bonds is 5. The second-order valence-electron chi connectivity index (χ2n) is 4.55. The third-order valence-corrected chi connectivity index (χ3v) is 3.53. The minimum Gasteiger partial charge on any atom is -0.488 e. The van der Waals surface area contributed by atoms with E-state index in [1.54, 1.807) is 12.1 Å². The fourth-order valence-electron chi connectivity index (χ4n) is 1.94.